The molecule has 0 atom stereocenters. The molecule has 122 valence electrons. The van der Waals surface area contributed by atoms with Gasteiger partial charge in [-0.15, -0.1) is 0 Å². The second-order valence-corrected chi connectivity index (χ2v) is 7.06. The van der Waals surface area contributed by atoms with Crippen molar-refractivity contribution in [3.8, 4) is 0 Å². The number of amides is 1. The van der Waals surface area contributed by atoms with Crippen LogP contribution in [0.25, 0.3) is 0 Å². The van der Waals surface area contributed by atoms with Crippen molar-refractivity contribution in [1.29, 1.82) is 0 Å². The number of anilines is 1. The summed E-state index contributed by atoms with van der Waals surface area (Å²) in [5.41, 5.74) is 1.14. The van der Waals surface area contributed by atoms with E-state index >= 15 is 0 Å². The lowest BCUT2D eigenvalue weighted by Gasteiger charge is -2.11. The van der Waals surface area contributed by atoms with E-state index in [2.05, 4.69) is 32.4 Å². The van der Waals surface area contributed by atoms with Gasteiger partial charge in [-0.25, -0.2) is 4.68 Å². The highest BCUT2D eigenvalue weighted by molar-refractivity contribution is 9.10. The Hall–Kier alpha value is -1.62. The maximum absolute atomic E-state index is 12.2. The fourth-order valence-corrected chi connectivity index (χ4v) is 3.60. The molecule has 5 heteroatoms. The van der Waals surface area contributed by atoms with Gasteiger partial charge in [-0.2, -0.15) is 5.10 Å². The summed E-state index contributed by atoms with van der Waals surface area (Å²) in [7, 11) is 0. The van der Waals surface area contributed by atoms with E-state index in [9.17, 15) is 4.79 Å². The zero-order chi connectivity index (χ0) is 16.1. The molecule has 3 rings (SSSR count). The van der Waals surface area contributed by atoms with E-state index in [-0.39, 0.29) is 5.91 Å². The Morgan fingerprint density at radius 2 is 2.04 bits per heavy atom. The molecule has 0 aliphatic heterocycles. The predicted octanol–water partition coefficient (Wildman–Crippen LogP) is 4.60. The molecule has 1 heterocycles. The summed E-state index contributed by atoms with van der Waals surface area (Å²) in [5.74, 6) is 1.59. The van der Waals surface area contributed by atoms with Crippen molar-refractivity contribution in [2.24, 2.45) is 5.92 Å². The number of rotatable bonds is 6. The lowest BCUT2D eigenvalue weighted by atomic mass is 10.0. The van der Waals surface area contributed by atoms with E-state index in [1.807, 2.05) is 28.9 Å². The van der Waals surface area contributed by atoms with Crippen LogP contribution in [0.4, 0.5) is 5.82 Å². The average molecular weight is 376 g/mol. The van der Waals surface area contributed by atoms with E-state index in [4.69, 9.17) is 0 Å². The molecule has 1 aromatic carbocycles. The molecule has 0 saturated heterocycles. The lowest BCUT2D eigenvalue weighted by molar-refractivity contribution is -0.116. The standard InChI is InChI=1S/C18H22BrN3O/c19-16-8-4-3-7-15(16)13-22-17(11-12-20-22)21-18(23)10-9-14-5-1-2-6-14/h3-4,7-8,11-12,14H,1-2,5-6,9-10,13H2,(H,21,23). The van der Waals surface area contributed by atoms with Crippen molar-refractivity contribution < 1.29 is 4.79 Å². The molecule has 0 radical (unpaired) electrons. The molecule has 1 amide bonds. The Balaban J connectivity index is 1.57. The van der Waals surface area contributed by atoms with E-state index in [0.717, 1.165) is 28.2 Å². The smallest absolute Gasteiger partial charge is 0.225 e. The van der Waals surface area contributed by atoms with Crippen LogP contribution in [0.3, 0.4) is 0 Å². The first-order valence-corrected chi connectivity index (χ1v) is 9.07. The first-order chi connectivity index (χ1) is 11.2. The minimum atomic E-state index is 0.0887. The van der Waals surface area contributed by atoms with Crippen LogP contribution in [0, 0.1) is 5.92 Å². The third-order valence-corrected chi connectivity index (χ3v) is 5.29. The van der Waals surface area contributed by atoms with Crippen molar-refractivity contribution in [2.75, 3.05) is 5.32 Å². The number of carbonyl (C=O) groups is 1. The SMILES string of the molecule is O=C(CCC1CCCC1)Nc1ccnn1Cc1ccccc1Br. The summed E-state index contributed by atoms with van der Waals surface area (Å²) in [4.78, 5) is 12.2. The van der Waals surface area contributed by atoms with E-state index in [0.29, 0.717) is 13.0 Å². The fourth-order valence-electron chi connectivity index (χ4n) is 3.19. The van der Waals surface area contributed by atoms with Gasteiger partial charge in [0.25, 0.3) is 0 Å². The molecule has 4 nitrogen and oxygen atoms in total. The second kappa shape index (κ2) is 7.77. The second-order valence-electron chi connectivity index (χ2n) is 6.20. The van der Waals surface area contributed by atoms with Crippen LogP contribution in [0.1, 0.15) is 44.1 Å². The number of carbonyl (C=O) groups excluding carboxylic acids is 1. The lowest BCUT2D eigenvalue weighted by Crippen LogP contribution is -2.16. The van der Waals surface area contributed by atoms with E-state index < -0.39 is 0 Å². The van der Waals surface area contributed by atoms with Gasteiger partial charge in [0.1, 0.15) is 5.82 Å². The van der Waals surface area contributed by atoms with Crippen LogP contribution in [-0.2, 0) is 11.3 Å². The summed E-state index contributed by atoms with van der Waals surface area (Å²) in [6.07, 6.45) is 8.55. The normalized spacial score (nSPS) is 15.0. The first-order valence-electron chi connectivity index (χ1n) is 8.27. The van der Waals surface area contributed by atoms with Crippen molar-refractivity contribution in [3.63, 3.8) is 0 Å². The zero-order valence-corrected chi connectivity index (χ0v) is 14.8. The number of benzene rings is 1. The molecule has 1 saturated carbocycles. The van der Waals surface area contributed by atoms with Crippen molar-refractivity contribution >= 4 is 27.7 Å². The van der Waals surface area contributed by atoms with Crippen molar-refractivity contribution in [3.05, 3.63) is 46.6 Å². The molecule has 1 N–H and O–H groups in total. The number of aromatic nitrogens is 2. The predicted molar refractivity (Wildman–Crippen MR) is 95.3 cm³/mol. The van der Waals surface area contributed by atoms with Crippen LogP contribution in [-0.4, -0.2) is 15.7 Å². The van der Waals surface area contributed by atoms with Crippen LogP contribution < -0.4 is 5.32 Å². The molecule has 0 unspecified atom stereocenters. The molecule has 1 fully saturated rings. The minimum Gasteiger partial charge on any atom is -0.311 e. The molecule has 1 aliphatic carbocycles. The topological polar surface area (TPSA) is 46.9 Å². The largest absolute Gasteiger partial charge is 0.311 e. The Kier molecular flexibility index (Phi) is 5.49. The Labute approximate surface area is 145 Å². The summed E-state index contributed by atoms with van der Waals surface area (Å²) < 4.78 is 2.88. The van der Waals surface area contributed by atoms with Crippen LogP contribution >= 0.6 is 15.9 Å². The number of nitrogens with one attached hydrogen (secondary N) is 1. The summed E-state index contributed by atoms with van der Waals surface area (Å²) in [6, 6.07) is 9.91. The molecule has 1 aliphatic rings. The third kappa shape index (κ3) is 4.44. The summed E-state index contributed by atoms with van der Waals surface area (Å²) in [6.45, 7) is 0.632. The van der Waals surface area contributed by atoms with Gasteiger partial charge in [0.05, 0.1) is 12.7 Å². The van der Waals surface area contributed by atoms with Gasteiger partial charge >= 0.3 is 0 Å². The van der Waals surface area contributed by atoms with Gasteiger partial charge in [-0.05, 0) is 24.0 Å². The van der Waals surface area contributed by atoms with Gasteiger partial charge < -0.3 is 5.32 Å². The Morgan fingerprint density at radius 3 is 2.83 bits per heavy atom. The quantitative estimate of drug-likeness (QED) is 0.801. The Bertz CT molecular complexity index is 662. The number of halogens is 1. The molecule has 2 aromatic rings. The first kappa shape index (κ1) is 16.2. The van der Waals surface area contributed by atoms with Gasteiger partial charge in [0.2, 0.25) is 5.91 Å². The highest BCUT2D eigenvalue weighted by Crippen LogP contribution is 2.28. The van der Waals surface area contributed by atoms with Crippen LogP contribution in [0.5, 0.6) is 0 Å². The van der Waals surface area contributed by atoms with E-state index in [1.54, 1.807) is 6.20 Å². The highest BCUT2D eigenvalue weighted by Gasteiger charge is 2.16. The zero-order valence-electron chi connectivity index (χ0n) is 13.2. The molecule has 23 heavy (non-hydrogen) atoms. The van der Waals surface area contributed by atoms with Gasteiger partial charge in [0.15, 0.2) is 0 Å². The van der Waals surface area contributed by atoms with Gasteiger partial charge in [0, 0.05) is 17.0 Å². The minimum absolute atomic E-state index is 0.0887. The summed E-state index contributed by atoms with van der Waals surface area (Å²) >= 11 is 3.55. The number of nitrogens with zero attached hydrogens (tertiary/aromatic N) is 2. The molecule has 0 spiro atoms. The van der Waals surface area contributed by atoms with Gasteiger partial charge in [-0.3, -0.25) is 4.79 Å². The molecule has 1 aromatic heterocycles. The molecule has 0 bridgehead atoms. The third-order valence-electron chi connectivity index (χ3n) is 4.52. The van der Waals surface area contributed by atoms with Crippen molar-refractivity contribution in [1.82, 2.24) is 9.78 Å². The van der Waals surface area contributed by atoms with Gasteiger partial charge in [-0.1, -0.05) is 59.8 Å². The number of hydrogen-bond donors (Lipinski definition) is 1. The molecular formula is C18H22BrN3O. The fraction of sp³-hybridized carbons (Fsp3) is 0.444. The highest BCUT2D eigenvalue weighted by atomic mass is 79.9. The monoisotopic (exact) mass is 375 g/mol. The number of hydrogen-bond acceptors (Lipinski definition) is 2. The van der Waals surface area contributed by atoms with Crippen LogP contribution in [0.15, 0.2) is 41.0 Å². The van der Waals surface area contributed by atoms with Crippen molar-refractivity contribution in [2.45, 2.75) is 45.1 Å². The average Bonchev–Trinajstić information content (AvgIpc) is 3.20. The van der Waals surface area contributed by atoms with E-state index in [1.165, 1.54) is 25.7 Å². The van der Waals surface area contributed by atoms with Crippen LogP contribution in [0.2, 0.25) is 0 Å². The summed E-state index contributed by atoms with van der Waals surface area (Å²) in [5, 5.41) is 7.32. The Morgan fingerprint density at radius 1 is 1.26 bits per heavy atom. The maximum atomic E-state index is 12.2. The maximum Gasteiger partial charge on any atom is 0.225 e. The molecular weight excluding hydrogens is 354 g/mol.